The largest absolute Gasteiger partial charge is 0.456 e. The maximum atomic E-state index is 6.49. The maximum absolute atomic E-state index is 6.49. The smallest absolute Gasteiger partial charge is 0.141 e. The van der Waals surface area contributed by atoms with Crippen molar-refractivity contribution in [3.8, 4) is 0 Å². The van der Waals surface area contributed by atoms with Crippen LogP contribution < -0.4 is 0 Å². The fourth-order valence-electron chi connectivity index (χ4n) is 5.91. The maximum Gasteiger partial charge on any atom is 0.141 e. The topological polar surface area (TPSA) is 28.7 Å². The van der Waals surface area contributed by atoms with Crippen molar-refractivity contribution >= 4 is 33.3 Å². The van der Waals surface area contributed by atoms with Gasteiger partial charge in [0, 0.05) is 39.9 Å². The van der Waals surface area contributed by atoms with Gasteiger partial charge in [-0.25, -0.2) is 0 Å². The number of hydrogen-bond acceptors (Lipinski definition) is 3. The molecule has 4 heterocycles. The number of allylic oxidation sites excluding steroid dienone is 3. The van der Waals surface area contributed by atoms with Gasteiger partial charge in [-0.2, -0.15) is 0 Å². The van der Waals surface area contributed by atoms with E-state index < -0.39 is 0 Å². The molecule has 0 unspecified atom stereocenters. The Balaban J connectivity index is 1.41. The Morgan fingerprint density at radius 3 is 2.68 bits per heavy atom. The first-order chi connectivity index (χ1) is 16.7. The van der Waals surface area contributed by atoms with Crippen molar-refractivity contribution in [2.45, 2.75) is 32.4 Å². The molecule has 34 heavy (non-hydrogen) atoms. The van der Waals surface area contributed by atoms with E-state index in [2.05, 4.69) is 97.6 Å². The molecule has 0 amide bonds. The lowest BCUT2D eigenvalue weighted by atomic mass is 9.91. The third-order valence-corrected chi connectivity index (χ3v) is 7.47. The standard InChI is InChI=1S/C31H26N2O/c1-19-11-16-27-22-7-3-4-8-23(22)28(33(27)18-19)17-21-13-14-25-24-9-5-6-10-29(24)34-31(25)30(21)26-15-12-20(2)32-26/h3-16,26,28H,17-18H2,1-2H3/t26-,28+/m0/s1. The van der Waals surface area contributed by atoms with Crippen molar-refractivity contribution in [2.75, 3.05) is 6.54 Å². The number of benzene rings is 3. The number of rotatable bonds is 3. The minimum absolute atomic E-state index is 0.00564. The van der Waals surface area contributed by atoms with Crippen LogP contribution in [-0.4, -0.2) is 17.2 Å². The fourth-order valence-corrected chi connectivity index (χ4v) is 5.91. The SMILES string of the molecule is CC1=CC=C2c3ccccc3[C@@H](Cc3ccc4c(oc5ccccc54)c3[C@@H]3C=CC(C)=N3)N2C1. The first-order valence-corrected chi connectivity index (χ1v) is 12.1. The van der Waals surface area contributed by atoms with E-state index in [-0.39, 0.29) is 6.04 Å². The van der Waals surface area contributed by atoms with E-state index in [0.717, 1.165) is 29.8 Å². The van der Waals surface area contributed by atoms with Crippen molar-refractivity contribution in [3.63, 3.8) is 0 Å². The summed E-state index contributed by atoms with van der Waals surface area (Å²) < 4.78 is 6.49. The molecule has 7 rings (SSSR count). The molecule has 0 N–H and O–H groups in total. The third kappa shape index (κ3) is 2.86. The molecule has 4 aromatic rings. The highest BCUT2D eigenvalue weighted by molar-refractivity contribution is 6.06. The molecule has 3 aliphatic heterocycles. The minimum Gasteiger partial charge on any atom is -0.456 e. The van der Waals surface area contributed by atoms with Crippen LogP contribution in [-0.2, 0) is 6.42 Å². The zero-order chi connectivity index (χ0) is 22.8. The van der Waals surface area contributed by atoms with Crippen molar-refractivity contribution in [2.24, 2.45) is 4.99 Å². The van der Waals surface area contributed by atoms with Crippen LogP contribution in [0.3, 0.4) is 0 Å². The number of fused-ring (bicyclic) bond motifs is 6. The van der Waals surface area contributed by atoms with E-state index in [0.29, 0.717) is 6.04 Å². The first kappa shape index (κ1) is 19.6. The van der Waals surface area contributed by atoms with E-state index in [1.165, 1.54) is 44.3 Å². The van der Waals surface area contributed by atoms with E-state index in [9.17, 15) is 0 Å². The molecule has 3 nitrogen and oxygen atoms in total. The molecule has 0 saturated carbocycles. The summed E-state index contributed by atoms with van der Waals surface area (Å²) >= 11 is 0. The van der Waals surface area contributed by atoms with Crippen LogP contribution in [0.15, 0.2) is 100.0 Å². The summed E-state index contributed by atoms with van der Waals surface area (Å²) in [5.41, 5.74) is 11.0. The molecule has 0 bridgehead atoms. The molecule has 2 atom stereocenters. The Morgan fingerprint density at radius 1 is 0.941 bits per heavy atom. The van der Waals surface area contributed by atoms with Gasteiger partial charge in [-0.1, -0.05) is 72.3 Å². The summed E-state index contributed by atoms with van der Waals surface area (Å²) in [6, 6.07) is 22.1. The lowest BCUT2D eigenvalue weighted by molar-refractivity contribution is 0.334. The number of furan rings is 1. The highest BCUT2D eigenvalue weighted by atomic mass is 16.3. The van der Waals surface area contributed by atoms with Gasteiger partial charge in [-0.15, -0.1) is 0 Å². The van der Waals surface area contributed by atoms with Gasteiger partial charge in [-0.05, 0) is 49.6 Å². The van der Waals surface area contributed by atoms with Crippen LogP contribution in [0, 0.1) is 0 Å². The second-order valence-corrected chi connectivity index (χ2v) is 9.69. The van der Waals surface area contributed by atoms with Crippen molar-refractivity contribution in [1.29, 1.82) is 0 Å². The molecule has 0 spiro atoms. The van der Waals surface area contributed by atoms with Crippen LogP contribution in [0.4, 0.5) is 0 Å². The van der Waals surface area contributed by atoms with E-state index in [1.54, 1.807) is 0 Å². The Bertz CT molecular complexity index is 1600. The molecule has 3 heteroatoms. The van der Waals surface area contributed by atoms with Crippen LogP contribution in [0.1, 0.15) is 48.2 Å². The summed E-state index contributed by atoms with van der Waals surface area (Å²) in [6.07, 6.45) is 9.80. The average Bonchev–Trinajstić information content (AvgIpc) is 3.53. The Labute approximate surface area is 199 Å². The fraction of sp³-hybridized carbons (Fsp3) is 0.194. The van der Waals surface area contributed by atoms with Crippen LogP contribution in [0.2, 0.25) is 0 Å². The Kier molecular flexibility index (Phi) is 4.22. The molecule has 0 saturated heterocycles. The summed E-state index contributed by atoms with van der Waals surface area (Å²) in [5, 5.41) is 2.34. The summed E-state index contributed by atoms with van der Waals surface area (Å²) in [5.74, 6) is 0. The minimum atomic E-state index is -0.00564. The van der Waals surface area contributed by atoms with Gasteiger partial charge in [0.25, 0.3) is 0 Å². The van der Waals surface area contributed by atoms with Crippen LogP contribution in [0.5, 0.6) is 0 Å². The average molecular weight is 443 g/mol. The first-order valence-electron chi connectivity index (χ1n) is 12.1. The normalized spacial score (nSPS) is 21.0. The second kappa shape index (κ2) is 7.33. The molecular weight excluding hydrogens is 416 g/mol. The summed E-state index contributed by atoms with van der Waals surface area (Å²) in [6.45, 7) is 5.26. The molecule has 3 aliphatic rings. The number of nitrogens with zero attached hydrogens (tertiary/aromatic N) is 2. The van der Waals surface area contributed by atoms with Crippen LogP contribution >= 0.6 is 0 Å². The van der Waals surface area contributed by atoms with Crippen molar-refractivity contribution in [3.05, 3.63) is 113 Å². The van der Waals surface area contributed by atoms with Gasteiger partial charge in [-0.3, -0.25) is 4.99 Å². The van der Waals surface area contributed by atoms with Gasteiger partial charge in [0.15, 0.2) is 0 Å². The molecule has 1 aromatic heterocycles. The number of para-hydroxylation sites is 1. The molecule has 0 fully saturated rings. The predicted molar refractivity (Wildman–Crippen MR) is 140 cm³/mol. The van der Waals surface area contributed by atoms with Gasteiger partial charge >= 0.3 is 0 Å². The van der Waals surface area contributed by atoms with Crippen molar-refractivity contribution in [1.82, 2.24) is 4.90 Å². The lowest BCUT2D eigenvalue weighted by Gasteiger charge is -2.31. The predicted octanol–water partition coefficient (Wildman–Crippen LogP) is 7.56. The summed E-state index contributed by atoms with van der Waals surface area (Å²) in [7, 11) is 0. The van der Waals surface area contributed by atoms with Crippen molar-refractivity contribution < 1.29 is 4.42 Å². The summed E-state index contributed by atoms with van der Waals surface area (Å²) in [4.78, 5) is 7.54. The van der Waals surface area contributed by atoms with Gasteiger partial charge in [0.2, 0.25) is 0 Å². The third-order valence-electron chi connectivity index (χ3n) is 7.47. The highest BCUT2D eigenvalue weighted by Crippen LogP contribution is 2.46. The number of hydrogen-bond donors (Lipinski definition) is 0. The Hall–Kier alpha value is -3.85. The quantitative estimate of drug-likeness (QED) is 0.328. The van der Waals surface area contributed by atoms with E-state index in [1.807, 2.05) is 6.07 Å². The molecule has 0 aliphatic carbocycles. The second-order valence-electron chi connectivity index (χ2n) is 9.69. The zero-order valence-electron chi connectivity index (χ0n) is 19.5. The zero-order valence-corrected chi connectivity index (χ0v) is 19.5. The molecule has 3 aromatic carbocycles. The Morgan fingerprint density at radius 2 is 1.79 bits per heavy atom. The van der Waals surface area contributed by atoms with Gasteiger partial charge in [0.05, 0.1) is 12.1 Å². The number of aliphatic imine (C=N–C) groups is 1. The molecule has 0 radical (unpaired) electrons. The highest BCUT2D eigenvalue weighted by Gasteiger charge is 2.35. The molecular formula is C31H26N2O. The van der Waals surface area contributed by atoms with Gasteiger partial charge in [0.1, 0.15) is 11.2 Å². The molecule has 166 valence electrons. The van der Waals surface area contributed by atoms with Gasteiger partial charge < -0.3 is 9.32 Å². The lowest BCUT2D eigenvalue weighted by Crippen LogP contribution is -2.26. The monoisotopic (exact) mass is 442 g/mol. The van der Waals surface area contributed by atoms with E-state index >= 15 is 0 Å². The van der Waals surface area contributed by atoms with Crippen LogP contribution in [0.25, 0.3) is 27.6 Å². The van der Waals surface area contributed by atoms with E-state index in [4.69, 9.17) is 9.41 Å².